The number of hydrogen-bond donors (Lipinski definition) is 0. The number of tetrazole rings is 1. The number of benzene rings is 4. The summed E-state index contributed by atoms with van der Waals surface area (Å²) in [5, 5.41) is 22.7. The zero-order valence-corrected chi connectivity index (χ0v) is 18.2. The minimum Gasteiger partial charge on any atom is -0.258 e. The van der Waals surface area contributed by atoms with Crippen molar-refractivity contribution in [1.82, 2.24) is 15.0 Å². The predicted molar refractivity (Wildman–Crippen MR) is 125 cm³/mol. The van der Waals surface area contributed by atoms with Gasteiger partial charge >= 0.3 is 5.82 Å². The summed E-state index contributed by atoms with van der Waals surface area (Å²) in [5.41, 5.74) is 2.44. The topological polar surface area (TPSA) is 77.7 Å². The number of hydrogen-bond acceptors (Lipinski definition) is 4. The van der Waals surface area contributed by atoms with Crippen LogP contribution in [-0.2, 0) is 0 Å². The van der Waals surface area contributed by atoms with E-state index < -0.39 is 4.92 Å². The summed E-state index contributed by atoms with van der Waals surface area (Å²) in [6.07, 6.45) is 0. The first-order valence-electron chi connectivity index (χ1n) is 9.49. The van der Waals surface area contributed by atoms with Gasteiger partial charge in [0.1, 0.15) is 5.69 Å². The van der Waals surface area contributed by atoms with Crippen molar-refractivity contribution >= 4 is 39.1 Å². The number of fused-ring (bicyclic) bond motifs is 1. The molecule has 8 heteroatoms. The molecule has 0 fully saturated rings. The van der Waals surface area contributed by atoms with Crippen molar-refractivity contribution in [3.05, 3.63) is 105 Å². The highest BCUT2D eigenvalue weighted by molar-refractivity contribution is 14.1. The van der Waals surface area contributed by atoms with Crippen molar-refractivity contribution in [3.63, 3.8) is 0 Å². The quantitative estimate of drug-likeness (QED) is 0.147. The van der Waals surface area contributed by atoms with E-state index in [9.17, 15) is 10.1 Å². The monoisotopic (exact) mass is 520 g/mol. The van der Waals surface area contributed by atoms with E-state index in [0.717, 1.165) is 25.6 Å². The number of nitro groups is 1. The molecule has 0 aliphatic rings. The van der Waals surface area contributed by atoms with Crippen LogP contribution in [0.15, 0.2) is 91.0 Å². The molecule has 0 spiro atoms. The summed E-state index contributed by atoms with van der Waals surface area (Å²) >= 11 is 2.26. The molecule has 4 aromatic carbocycles. The normalized spacial score (nSPS) is 11.0. The molecule has 0 amide bonds. The van der Waals surface area contributed by atoms with Crippen molar-refractivity contribution < 1.29 is 9.72 Å². The second kappa shape index (κ2) is 7.88. The number of aromatic nitrogens is 4. The molecular formula is C23H15IN5O2+. The van der Waals surface area contributed by atoms with Crippen LogP contribution in [0.25, 0.3) is 33.5 Å². The Morgan fingerprint density at radius 3 is 2.32 bits per heavy atom. The van der Waals surface area contributed by atoms with Crippen LogP contribution in [0.2, 0.25) is 0 Å². The van der Waals surface area contributed by atoms with E-state index >= 15 is 0 Å². The molecule has 0 bridgehead atoms. The van der Waals surface area contributed by atoms with E-state index in [0.29, 0.717) is 11.5 Å². The molecule has 1 aromatic heterocycles. The van der Waals surface area contributed by atoms with Crippen molar-refractivity contribution in [2.24, 2.45) is 0 Å². The van der Waals surface area contributed by atoms with E-state index in [4.69, 9.17) is 10.2 Å². The smallest absolute Gasteiger partial charge is 0.258 e. The Hall–Kier alpha value is -3.66. The van der Waals surface area contributed by atoms with Crippen LogP contribution in [0.3, 0.4) is 0 Å². The molecule has 0 N–H and O–H groups in total. The van der Waals surface area contributed by atoms with Crippen molar-refractivity contribution in [2.75, 3.05) is 0 Å². The summed E-state index contributed by atoms with van der Waals surface area (Å²) in [5.74, 6) is 0.558. The van der Waals surface area contributed by atoms with Crippen LogP contribution in [0, 0.1) is 13.7 Å². The minimum atomic E-state index is -0.416. The number of non-ortho nitro benzene ring substituents is 1. The van der Waals surface area contributed by atoms with Gasteiger partial charge in [-0.2, -0.15) is 0 Å². The Kier molecular flexibility index (Phi) is 4.91. The molecule has 0 radical (unpaired) electrons. The number of nitro benzene ring substituents is 1. The van der Waals surface area contributed by atoms with Crippen molar-refractivity contribution in [3.8, 4) is 22.8 Å². The maximum atomic E-state index is 11.1. The van der Waals surface area contributed by atoms with Crippen molar-refractivity contribution in [2.45, 2.75) is 0 Å². The Morgan fingerprint density at radius 1 is 0.871 bits per heavy atom. The fourth-order valence-corrected chi connectivity index (χ4v) is 3.77. The van der Waals surface area contributed by atoms with Gasteiger partial charge in [0.2, 0.25) is 0 Å². The summed E-state index contributed by atoms with van der Waals surface area (Å²) in [6.45, 7) is 0. The lowest BCUT2D eigenvalue weighted by Crippen LogP contribution is -2.43. The highest BCUT2D eigenvalue weighted by Crippen LogP contribution is 2.21. The number of rotatable bonds is 4. The van der Waals surface area contributed by atoms with Gasteiger partial charge in [0, 0.05) is 25.9 Å². The third-order valence-electron chi connectivity index (χ3n) is 4.93. The fourth-order valence-electron chi connectivity index (χ4n) is 3.41. The van der Waals surface area contributed by atoms with Crippen LogP contribution < -0.4 is 4.80 Å². The summed E-state index contributed by atoms with van der Waals surface area (Å²) < 4.78 is 1.12. The van der Waals surface area contributed by atoms with Gasteiger partial charge in [-0.1, -0.05) is 30.3 Å². The fraction of sp³-hybridized carbons (Fsp3) is 0. The summed E-state index contributed by atoms with van der Waals surface area (Å²) in [7, 11) is 0. The zero-order valence-electron chi connectivity index (χ0n) is 16.1. The second-order valence-electron chi connectivity index (χ2n) is 6.88. The van der Waals surface area contributed by atoms with Crippen LogP contribution in [0.4, 0.5) is 5.69 Å². The lowest BCUT2D eigenvalue weighted by molar-refractivity contribution is -0.733. The van der Waals surface area contributed by atoms with E-state index in [1.165, 1.54) is 12.1 Å². The lowest BCUT2D eigenvalue weighted by Gasteiger charge is -2.03. The van der Waals surface area contributed by atoms with Gasteiger partial charge in [0.25, 0.3) is 5.69 Å². The molecule has 0 saturated heterocycles. The Labute approximate surface area is 190 Å². The third-order valence-corrected chi connectivity index (χ3v) is 5.65. The average Bonchev–Trinajstić information content (AvgIpc) is 3.24. The van der Waals surface area contributed by atoms with E-state index in [-0.39, 0.29) is 5.69 Å². The van der Waals surface area contributed by atoms with Gasteiger partial charge in [0.05, 0.1) is 15.6 Å². The number of nitrogens with zero attached hydrogens (tertiary/aromatic N) is 5. The molecule has 31 heavy (non-hydrogen) atoms. The standard InChI is InChI=1S/C23H15IN5O2/c24-18-10-8-17(9-11-18)23-25-27(19-12-14-20(15-13-19)29(30)31)28(26-23)22-7-3-5-16-4-1-2-6-21(16)22/h1-15H/q+1. The molecule has 5 aromatic rings. The van der Waals surface area contributed by atoms with Crippen molar-refractivity contribution in [1.29, 1.82) is 0 Å². The molecule has 0 unspecified atom stereocenters. The van der Waals surface area contributed by atoms with Crippen LogP contribution in [-0.4, -0.2) is 19.9 Å². The first kappa shape index (κ1) is 19.3. The Balaban J connectivity index is 1.74. The van der Waals surface area contributed by atoms with Gasteiger partial charge in [-0.25, -0.2) is 0 Å². The molecule has 0 aliphatic carbocycles. The summed E-state index contributed by atoms with van der Waals surface area (Å²) in [4.78, 5) is 14.0. The molecule has 5 rings (SSSR count). The largest absolute Gasteiger partial charge is 0.340 e. The van der Waals surface area contributed by atoms with E-state index in [2.05, 4.69) is 22.6 Å². The minimum absolute atomic E-state index is 0.0263. The van der Waals surface area contributed by atoms with Gasteiger partial charge in [0.15, 0.2) is 5.69 Å². The Bertz CT molecular complexity index is 1410. The number of halogens is 1. The average molecular weight is 520 g/mol. The van der Waals surface area contributed by atoms with Gasteiger partial charge in [-0.05, 0) is 86.4 Å². The highest BCUT2D eigenvalue weighted by atomic mass is 127. The van der Waals surface area contributed by atoms with Crippen LogP contribution in [0.1, 0.15) is 0 Å². The third kappa shape index (κ3) is 3.66. The maximum absolute atomic E-state index is 11.1. The molecule has 150 valence electrons. The maximum Gasteiger partial charge on any atom is 0.340 e. The summed E-state index contributed by atoms with van der Waals surface area (Å²) in [6, 6.07) is 28.3. The van der Waals surface area contributed by atoms with Gasteiger partial charge in [-0.15, -0.1) is 0 Å². The lowest BCUT2D eigenvalue weighted by atomic mass is 10.1. The first-order chi connectivity index (χ1) is 15.1. The van der Waals surface area contributed by atoms with Gasteiger partial charge in [-0.3, -0.25) is 10.1 Å². The molecule has 0 atom stereocenters. The van der Waals surface area contributed by atoms with E-state index in [1.54, 1.807) is 21.7 Å². The van der Waals surface area contributed by atoms with E-state index in [1.807, 2.05) is 66.7 Å². The van der Waals surface area contributed by atoms with Crippen LogP contribution >= 0.6 is 22.6 Å². The van der Waals surface area contributed by atoms with Gasteiger partial charge < -0.3 is 0 Å². The molecule has 0 saturated carbocycles. The molecule has 7 nitrogen and oxygen atoms in total. The Morgan fingerprint density at radius 2 is 1.58 bits per heavy atom. The highest BCUT2D eigenvalue weighted by Gasteiger charge is 2.25. The SMILES string of the molecule is O=[N+]([O-])c1ccc(-n2nc(-c3ccc(I)cc3)n[n+]2-c2cccc3ccccc23)cc1. The molecular weight excluding hydrogens is 505 g/mol. The zero-order chi connectivity index (χ0) is 21.4. The van der Waals surface area contributed by atoms with Crippen LogP contribution in [0.5, 0.6) is 0 Å². The first-order valence-corrected chi connectivity index (χ1v) is 10.6. The molecule has 0 aliphatic heterocycles. The second-order valence-corrected chi connectivity index (χ2v) is 8.13. The predicted octanol–water partition coefficient (Wildman–Crippen LogP) is 4.88. The molecule has 1 heterocycles.